The molecule has 1 rings (SSSR count). The van der Waals surface area contributed by atoms with Crippen molar-refractivity contribution in [3.8, 4) is 0 Å². The summed E-state index contributed by atoms with van der Waals surface area (Å²) in [5.41, 5.74) is 0. The van der Waals surface area contributed by atoms with Crippen molar-refractivity contribution >= 4 is 11.9 Å². The maximum absolute atomic E-state index is 11.2. The molecule has 86 valence electrons. The van der Waals surface area contributed by atoms with Crippen molar-refractivity contribution in [2.24, 2.45) is 11.8 Å². The maximum Gasteiger partial charge on any atom is 0.308 e. The zero-order valence-corrected chi connectivity index (χ0v) is 9.07. The summed E-state index contributed by atoms with van der Waals surface area (Å²) in [5, 5.41) is 8.55. The highest BCUT2D eigenvalue weighted by Gasteiger charge is 2.26. The third-order valence-corrected chi connectivity index (χ3v) is 3.15. The topological polar surface area (TPSA) is 63.6 Å². The second-order valence-corrected chi connectivity index (χ2v) is 4.17. The average Bonchev–Trinajstić information content (AvgIpc) is 2.26. The summed E-state index contributed by atoms with van der Waals surface area (Å²) in [7, 11) is 1.42. The Bertz CT molecular complexity index is 229. The summed E-state index contributed by atoms with van der Waals surface area (Å²) in [6.45, 7) is 0. The van der Waals surface area contributed by atoms with Crippen LogP contribution in [-0.2, 0) is 14.3 Å². The van der Waals surface area contributed by atoms with Crippen molar-refractivity contribution < 1.29 is 19.4 Å². The lowest BCUT2D eigenvalue weighted by Crippen LogP contribution is -2.23. The first-order valence-electron chi connectivity index (χ1n) is 5.43. The summed E-state index contributed by atoms with van der Waals surface area (Å²) in [4.78, 5) is 21.6. The fourth-order valence-electron chi connectivity index (χ4n) is 2.18. The molecular weight excluding hydrogens is 196 g/mol. The number of carbonyl (C=O) groups is 2. The first-order valence-corrected chi connectivity index (χ1v) is 5.43. The van der Waals surface area contributed by atoms with Gasteiger partial charge in [-0.1, -0.05) is 0 Å². The SMILES string of the molecule is COC(=O)C1CCC(CCC(=O)O)CC1. The summed E-state index contributed by atoms with van der Waals surface area (Å²) in [5.74, 6) is -0.338. The van der Waals surface area contributed by atoms with Crippen LogP contribution in [0.3, 0.4) is 0 Å². The van der Waals surface area contributed by atoms with Gasteiger partial charge in [0.25, 0.3) is 0 Å². The average molecular weight is 214 g/mol. The van der Waals surface area contributed by atoms with E-state index in [1.165, 1.54) is 7.11 Å². The molecule has 0 aliphatic heterocycles. The molecule has 0 spiro atoms. The minimum atomic E-state index is -0.731. The van der Waals surface area contributed by atoms with Gasteiger partial charge in [-0.3, -0.25) is 9.59 Å². The number of ether oxygens (including phenoxy) is 1. The maximum atomic E-state index is 11.2. The highest BCUT2D eigenvalue weighted by Crippen LogP contribution is 2.31. The van der Waals surface area contributed by atoms with Crippen molar-refractivity contribution in [2.45, 2.75) is 38.5 Å². The Morgan fingerprint density at radius 1 is 1.27 bits per heavy atom. The predicted octanol–water partition coefficient (Wildman–Crippen LogP) is 1.83. The minimum Gasteiger partial charge on any atom is -0.481 e. The van der Waals surface area contributed by atoms with Crippen LogP contribution >= 0.6 is 0 Å². The van der Waals surface area contributed by atoms with E-state index in [9.17, 15) is 9.59 Å². The molecular formula is C11H18O4. The van der Waals surface area contributed by atoms with E-state index < -0.39 is 5.97 Å². The third-order valence-electron chi connectivity index (χ3n) is 3.15. The molecule has 0 amide bonds. The molecule has 1 aliphatic rings. The molecule has 1 fully saturated rings. The number of hydrogen-bond acceptors (Lipinski definition) is 3. The molecule has 4 heteroatoms. The van der Waals surface area contributed by atoms with E-state index in [-0.39, 0.29) is 18.3 Å². The molecule has 0 unspecified atom stereocenters. The fourth-order valence-corrected chi connectivity index (χ4v) is 2.18. The normalized spacial score (nSPS) is 25.9. The molecule has 0 atom stereocenters. The van der Waals surface area contributed by atoms with E-state index in [2.05, 4.69) is 0 Å². The second-order valence-electron chi connectivity index (χ2n) is 4.17. The highest BCUT2D eigenvalue weighted by molar-refractivity contribution is 5.72. The van der Waals surface area contributed by atoms with E-state index in [4.69, 9.17) is 9.84 Å². The molecule has 15 heavy (non-hydrogen) atoms. The molecule has 1 saturated carbocycles. The van der Waals surface area contributed by atoms with Gasteiger partial charge in [0.15, 0.2) is 0 Å². The summed E-state index contributed by atoms with van der Waals surface area (Å²) in [6, 6.07) is 0. The zero-order valence-electron chi connectivity index (χ0n) is 9.07. The largest absolute Gasteiger partial charge is 0.481 e. The zero-order chi connectivity index (χ0) is 11.3. The Morgan fingerprint density at radius 2 is 1.87 bits per heavy atom. The van der Waals surface area contributed by atoms with Crippen molar-refractivity contribution in [3.05, 3.63) is 0 Å². The fraction of sp³-hybridized carbons (Fsp3) is 0.818. The molecule has 0 saturated heterocycles. The van der Waals surface area contributed by atoms with Crippen LogP contribution < -0.4 is 0 Å². The number of carboxylic acids is 1. The molecule has 0 heterocycles. The van der Waals surface area contributed by atoms with Gasteiger partial charge in [0.05, 0.1) is 13.0 Å². The standard InChI is InChI=1S/C11H18O4/c1-15-11(14)9-5-2-8(3-6-9)4-7-10(12)13/h8-9H,2-7H2,1H3,(H,12,13). The molecule has 0 bridgehead atoms. The van der Waals surface area contributed by atoms with E-state index >= 15 is 0 Å². The van der Waals surface area contributed by atoms with E-state index in [1.54, 1.807) is 0 Å². The van der Waals surface area contributed by atoms with Gasteiger partial charge in [-0.05, 0) is 38.0 Å². The Balaban J connectivity index is 2.23. The van der Waals surface area contributed by atoms with Crippen LogP contribution in [0.25, 0.3) is 0 Å². The number of esters is 1. The van der Waals surface area contributed by atoms with Crippen molar-refractivity contribution in [3.63, 3.8) is 0 Å². The van der Waals surface area contributed by atoms with Gasteiger partial charge >= 0.3 is 11.9 Å². The lowest BCUT2D eigenvalue weighted by atomic mass is 9.80. The Morgan fingerprint density at radius 3 is 2.33 bits per heavy atom. The molecule has 0 radical (unpaired) electrons. The van der Waals surface area contributed by atoms with Crippen LogP contribution in [0.4, 0.5) is 0 Å². The second kappa shape index (κ2) is 5.73. The number of rotatable bonds is 4. The van der Waals surface area contributed by atoms with Gasteiger partial charge in [-0.2, -0.15) is 0 Å². The van der Waals surface area contributed by atoms with Gasteiger partial charge in [0.2, 0.25) is 0 Å². The van der Waals surface area contributed by atoms with Crippen LogP contribution in [0, 0.1) is 11.8 Å². The minimum absolute atomic E-state index is 0.0380. The summed E-state index contributed by atoms with van der Waals surface area (Å²) in [6.07, 6.45) is 4.57. The Kier molecular flexibility index (Phi) is 4.59. The Labute approximate surface area is 89.6 Å². The number of hydrogen-bond donors (Lipinski definition) is 1. The summed E-state index contributed by atoms with van der Waals surface area (Å²) < 4.78 is 4.69. The third kappa shape index (κ3) is 3.90. The predicted molar refractivity (Wildman–Crippen MR) is 54.3 cm³/mol. The van der Waals surface area contributed by atoms with E-state index in [0.29, 0.717) is 5.92 Å². The number of carboxylic acid groups (broad SMARTS) is 1. The van der Waals surface area contributed by atoms with Gasteiger partial charge < -0.3 is 9.84 Å². The molecule has 0 aromatic rings. The number of carbonyl (C=O) groups excluding carboxylic acids is 1. The Hall–Kier alpha value is -1.06. The van der Waals surface area contributed by atoms with Gasteiger partial charge in [-0.25, -0.2) is 0 Å². The van der Waals surface area contributed by atoms with Crippen molar-refractivity contribution in [1.82, 2.24) is 0 Å². The van der Waals surface area contributed by atoms with Gasteiger partial charge in [0.1, 0.15) is 0 Å². The van der Waals surface area contributed by atoms with E-state index in [1.807, 2.05) is 0 Å². The smallest absolute Gasteiger partial charge is 0.308 e. The molecule has 4 nitrogen and oxygen atoms in total. The molecule has 0 aromatic carbocycles. The first-order chi connectivity index (χ1) is 7.13. The lowest BCUT2D eigenvalue weighted by Gasteiger charge is -2.26. The highest BCUT2D eigenvalue weighted by atomic mass is 16.5. The van der Waals surface area contributed by atoms with E-state index in [0.717, 1.165) is 32.1 Å². The van der Waals surface area contributed by atoms with Gasteiger partial charge in [-0.15, -0.1) is 0 Å². The molecule has 1 aliphatic carbocycles. The number of methoxy groups -OCH3 is 1. The van der Waals surface area contributed by atoms with Crippen LogP contribution in [0.15, 0.2) is 0 Å². The van der Waals surface area contributed by atoms with Crippen LogP contribution in [-0.4, -0.2) is 24.2 Å². The van der Waals surface area contributed by atoms with Gasteiger partial charge in [0, 0.05) is 6.42 Å². The van der Waals surface area contributed by atoms with Crippen molar-refractivity contribution in [1.29, 1.82) is 0 Å². The molecule has 1 N–H and O–H groups in total. The first kappa shape index (κ1) is 12.0. The number of aliphatic carboxylic acids is 1. The molecule has 0 aromatic heterocycles. The van der Waals surface area contributed by atoms with Crippen LogP contribution in [0.5, 0.6) is 0 Å². The lowest BCUT2D eigenvalue weighted by molar-refractivity contribution is -0.147. The van der Waals surface area contributed by atoms with Crippen LogP contribution in [0.1, 0.15) is 38.5 Å². The van der Waals surface area contributed by atoms with Crippen molar-refractivity contribution in [2.75, 3.05) is 7.11 Å². The quantitative estimate of drug-likeness (QED) is 0.725. The monoisotopic (exact) mass is 214 g/mol. The summed E-state index contributed by atoms with van der Waals surface area (Å²) >= 11 is 0. The van der Waals surface area contributed by atoms with Crippen LogP contribution in [0.2, 0.25) is 0 Å².